The van der Waals surface area contributed by atoms with E-state index in [1.165, 1.54) is 36.4 Å². The molecule has 0 aliphatic heterocycles. The Morgan fingerprint density at radius 2 is 1.64 bits per heavy atom. The van der Waals surface area contributed by atoms with Gasteiger partial charge in [-0.15, -0.1) is 0 Å². The van der Waals surface area contributed by atoms with Crippen LogP contribution in [-0.2, 0) is 21.0 Å². The predicted molar refractivity (Wildman–Crippen MR) is 128 cm³/mol. The van der Waals surface area contributed by atoms with Gasteiger partial charge in [-0.2, -0.15) is 13.2 Å². The lowest BCUT2D eigenvalue weighted by Gasteiger charge is -2.12. The standard InChI is InChI=1S/C23H18ClF3N2O6S/c24-18-11-15(23(25,26)27)5-7-17(18)13-1-3-14(4-2-13)22(33)28-16-6-8-20(30)19(12-16)29-36(34,35)10-9-21(31)32/h1-8,11-12,29-30H,9-10H2,(H,28,33)(H,31,32). The molecule has 4 N–H and O–H groups in total. The van der Waals surface area contributed by atoms with E-state index in [-0.39, 0.29) is 22.0 Å². The molecule has 190 valence electrons. The number of carbonyl (C=O) groups excluding carboxylic acids is 1. The Balaban J connectivity index is 1.74. The number of anilines is 2. The van der Waals surface area contributed by atoms with Crippen LogP contribution >= 0.6 is 11.6 Å². The van der Waals surface area contributed by atoms with Gasteiger partial charge in [-0.1, -0.05) is 29.8 Å². The van der Waals surface area contributed by atoms with Crippen molar-refractivity contribution in [3.8, 4) is 16.9 Å². The number of rotatable bonds is 8. The number of carboxylic acids is 1. The molecule has 0 spiro atoms. The van der Waals surface area contributed by atoms with E-state index in [0.29, 0.717) is 11.1 Å². The second-order valence-corrected chi connectivity index (χ2v) is 9.77. The van der Waals surface area contributed by atoms with E-state index in [1.807, 2.05) is 0 Å². The molecule has 8 nitrogen and oxygen atoms in total. The zero-order chi connectivity index (χ0) is 26.7. The molecule has 0 aromatic heterocycles. The average molecular weight is 543 g/mol. The molecule has 0 aliphatic carbocycles. The number of aromatic hydroxyl groups is 1. The molecule has 3 aromatic rings. The first-order valence-electron chi connectivity index (χ1n) is 10.1. The maximum Gasteiger partial charge on any atom is 0.416 e. The molecule has 0 saturated carbocycles. The van der Waals surface area contributed by atoms with Crippen LogP contribution in [0, 0.1) is 0 Å². The summed E-state index contributed by atoms with van der Waals surface area (Å²) in [4.78, 5) is 23.2. The van der Waals surface area contributed by atoms with Gasteiger partial charge in [0, 0.05) is 21.8 Å². The fourth-order valence-electron chi connectivity index (χ4n) is 3.07. The number of nitrogens with one attached hydrogen (secondary N) is 2. The summed E-state index contributed by atoms with van der Waals surface area (Å²) < 4.78 is 64.6. The summed E-state index contributed by atoms with van der Waals surface area (Å²) >= 11 is 6.01. The maximum absolute atomic E-state index is 12.8. The molecular weight excluding hydrogens is 525 g/mol. The molecular formula is C23H18ClF3N2O6S. The topological polar surface area (TPSA) is 133 Å². The summed E-state index contributed by atoms with van der Waals surface area (Å²) in [6, 6.07) is 12.4. The third kappa shape index (κ3) is 6.89. The molecule has 0 aliphatic rings. The second-order valence-electron chi connectivity index (χ2n) is 7.52. The number of benzene rings is 3. The largest absolute Gasteiger partial charge is 0.506 e. The monoisotopic (exact) mass is 542 g/mol. The van der Waals surface area contributed by atoms with Crippen LogP contribution in [0.1, 0.15) is 22.3 Å². The van der Waals surface area contributed by atoms with Crippen molar-refractivity contribution in [1.82, 2.24) is 0 Å². The minimum atomic E-state index is -4.53. The Hall–Kier alpha value is -3.77. The molecule has 3 rings (SSSR count). The third-order valence-corrected chi connectivity index (χ3v) is 6.44. The van der Waals surface area contributed by atoms with Crippen LogP contribution in [0.3, 0.4) is 0 Å². The van der Waals surface area contributed by atoms with Crippen molar-refractivity contribution in [3.63, 3.8) is 0 Å². The van der Waals surface area contributed by atoms with Crippen LogP contribution in [0.15, 0.2) is 60.7 Å². The zero-order valence-electron chi connectivity index (χ0n) is 18.1. The summed E-state index contributed by atoms with van der Waals surface area (Å²) in [5.41, 5.74) is -0.0137. The highest BCUT2D eigenvalue weighted by Gasteiger charge is 2.31. The minimum Gasteiger partial charge on any atom is -0.506 e. The summed E-state index contributed by atoms with van der Waals surface area (Å²) in [6.07, 6.45) is -5.17. The number of hydrogen-bond donors (Lipinski definition) is 4. The molecule has 0 radical (unpaired) electrons. The molecule has 3 aromatic carbocycles. The Bertz CT molecular complexity index is 1410. The summed E-state index contributed by atoms with van der Waals surface area (Å²) in [6.45, 7) is 0. The first-order chi connectivity index (χ1) is 16.7. The summed E-state index contributed by atoms with van der Waals surface area (Å²) in [5, 5.41) is 21.0. The van der Waals surface area contributed by atoms with Crippen LogP contribution < -0.4 is 10.0 Å². The smallest absolute Gasteiger partial charge is 0.416 e. The number of aliphatic carboxylic acids is 1. The first-order valence-corrected chi connectivity index (χ1v) is 12.1. The van der Waals surface area contributed by atoms with Gasteiger partial charge in [-0.05, 0) is 48.0 Å². The highest BCUT2D eigenvalue weighted by atomic mass is 35.5. The fourth-order valence-corrected chi connectivity index (χ4v) is 4.40. The van der Waals surface area contributed by atoms with Crippen molar-refractivity contribution in [2.75, 3.05) is 15.8 Å². The van der Waals surface area contributed by atoms with Gasteiger partial charge in [0.05, 0.1) is 23.4 Å². The number of amides is 1. The van der Waals surface area contributed by atoms with Crippen LogP contribution in [0.25, 0.3) is 11.1 Å². The molecule has 0 bridgehead atoms. The van der Waals surface area contributed by atoms with Gasteiger partial charge in [0.1, 0.15) is 5.75 Å². The van der Waals surface area contributed by atoms with Crippen molar-refractivity contribution in [2.24, 2.45) is 0 Å². The summed E-state index contributed by atoms with van der Waals surface area (Å²) in [7, 11) is -4.07. The van der Waals surface area contributed by atoms with E-state index in [4.69, 9.17) is 16.7 Å². The van der Waals surface area contributed by atoms with Crippen molar-refractivity contribution in [2.45, 2.75) is 12.6 Å². The van der Waals surface area contributed by atoms with Gasteiger partial charge < -0.3 is 15.5 Å². The lowest BCUT2D eigenvalue weighted by atomic mass is 10.0. The second kappa shape index (κ2) is 10.5. The molecule has 36 heavy (non-hydrogen) atoms. The van der Waals surface area contributed by atoms with Crippen molar-refractivity contribution in [1.29, 1.82) is 0 Å². The van der Waals surface area contributed by atoms with Gasteiger partial charge in [0.25, 0.3) is 5.91 Å². The Morgan fingerprint density at radius 1 is 0.972 bits per heavy atom. The van der Waals surface area contributed by atoms with E-state index in [0.717, 1.165) is 24.3 Å². The van der Waals surface area contributed by atoms with Crippen LogP contribution in [0.4, 0.5) is 24.5 Å². The van der Waals surface area contributed by atoms with Crippen LogP contribution in [0.5, 0.6) is 5.75 Å². The van der Waals surface area contributed by atoms with E-state index in [1.54, 1.807) is 0 Å². The number of carbonyl (C=O) groups is 2. The zero-order valence-corrected chi connectivity index (χ0v) is 19.7. The Morgan fingerprint density at radius 3 is 2.22 bits per heavy atom. The molecule has 0 atom stereocenters. The lowest BCUT2D eigenvalue weighted by Crippen LogP contribution is -2.19. The highest BCUT2D eigenvalue weighted by molar-refractivity contribution is 7.92. The van der Waals surface area contributed by atoms with Gasteiger partial charge in [0.2, 0.25) is 10.0 Å². The highest BCUT2D eigenvalue weighted by Crippen LogP contribution is 2.35. The lowest BCUT2D eigenvalue weighted by molar-refractivity contribution is -0.138. The van der Waals surface area contributed by atoms with Gasteiger partial charge in [0.15, 0.2) is 0 Å². The first kappa shape index (κ1) is 26.8. The number of sulfonamides is 1. The van der Waals surface area contributed by atoms with Gasteiger partial charge in [-0.3, -0.25) is 14.3 Å². The quantitative estimate of drug-likeness (QED) is 0.228. The van der Waals surface area contributed by atoms with Gasteiger partial charge >= 0.3 is 12.1 Å². The molecule has 13 heteroatoms. The van der Waals surface area contributed by atoms with Crippen molar-refractivity contribution in [3.05, 3.63) is 76.8 Å². The number of halogens is 4. The number of hydrogen-bond acceptors (Lipinski definition) is 5. The van der Waals surface area contributed by atoms with Crippen LogP contribution in [-0.4, -0.2) is 36.3 Å². The van der Waals surface area contributed by atoms with Crippen LogP contribution in [0.2, 0.25) is 5.02 Å². The van der Waals surface area contributed by atoms with Crippen molar-refractivity contribution >= 4 is 44.9 Å². The molecule has 0 heterocycles. The molecule has 0 fully saturated rings. The molecule has 1 amide bonds. The Labute approximate surface area is 208 Å². The van der Waals surface area contributed by atoms with E-state index >= 15 is 0 Å². The predicted octanol–water partition coefficient (Wildman–Crippen LogP) is 5.20. The molecule has 0 unspecified atom stereocenters. The van der Waals surface area contributed by atoms with Gasteiger partial charge in [-0.25, -0.2) is 8.42 Å². The maximum atomic E-state index is 12.8. The van der Waals surface area contributed by atoms with E-state index in [2.05, 4.69) is 10.0 Å². The number of phenolic OH excluding ortho intramolecular Hbond substituents is 1. The fraction of sp³-hybridized carbons (Fsp3) is 0.130. The molecule has 0 saturated heterocycles. The average Bonchev–Trinajstić information content (AvgIpc) is 2.79. The number of carboxylic acid groups (broad SMARTS) is 1. The van der Waals surface area contributed by atoms with E-state index in [9.17, 15) is 36.3 Å². The number of phenols is 1. The SMILES string of the molecule is O=C(O)CCS(=O)(=O)Nc1cc(NC(=O)c2ccc(-c3ccc(C(F)(F)F)cc3Cl)cc2)ccc1O. The Kier molecular flexibility index (Phi) is 7.80. The number of alkyl halides is 3. The minimum absolute atomic E-state index is 0.107. The summed E-state index contributed by atoms with van der Waals surface area (Å²) in [5.74, 6) is -3.06. The van der Waals surface area contributed by atoms with E-state index < -0.39 is 51.6 Å². The normalized spacial score (nSPS) is 11.7. The van der Waals surface area contributed by atoms with Crippen molar-refractivity contribution < 1.29 is 41.4 Å². The third-order valence-electron chi connectivity index (χ3n) is 4.86.